The lowest BCUT2D eigenvalue weighted by atomic mass is 9.96. The summed E-state index contributed by atoms with van der Waals surface area (Å²) >= 11 is 6.17. The zero-order chi connectivity index (χ0) is 13.2. The molecular weight excluding hydrogens is 244 g/mol. The third-order valence-electron chi connectivity index (χ3n) is 2.46. The predicted octanol–water partition coefficient (Wildman–Crippen LogP) is 3.18. The van der Waals surface area contributed by atoms with E-state index in [1.54, 1.807) is 0 Å². The van der Waals surface area contributed by atoms with Crippen molar-refractivity contribution in [2.45, 2.75) is 19.8 Å². The van der Waals surface area contributed by atoms with Crippen LogP contribution in [0.15, 0.2) is 6.07 Å². The predicted molar refractivity (Wildman–Crippen MR) is 65.6 cm³/mol. The van der Waals surface area contributed by atoms with E-state index in [0.717, 1.165) is 0 Å². The smallest absolute Gasteiger partial charge is 0.336 e. The van der Waals surface area contributed by atoms with Crippen LogP contribution in [0.5, 0.6) is 11.5 Å². The van der Waals surface area contributed by atoms with Crippen LogP contribution in [-0.4, -0.2) is 25.3 Å². The van der Waals surface area contributed by atoms with E-state index in [0.29, 0.717) is 22.1 Å². The highest BCUT2D eigenvalue weighted by molar-refractivity contribution is 6.33. The molecule has 0 unspecified atom stereocenters. The fourth-order valence-electron chi connectivity index (χ4n) is 1.71. The summed E-state index contributed by atoms with van der Waals surface area (Å²) in [6.07, 6.45) is 0. The maximum absolute atomic E-state index is 11.2. The number of carbonyl (C=O) groups is 1. The second kappa shape index (κ2) is 5.27. The summed E-state index contributed by atoms with van der Waals surface area (Å²) in [5.41, 5.74) is 0.694. The van der Waals surface area contributed by atoms with E-state index >= 15 is 0 Å². The molecule has 1 aromatic carbocycles. The van der Waals surface area contributed by atoms with Gasteiger partial charge in [-0.25, -0.2) is 4.79 Å². The van der Waals surface area contributed by atoms with E-state index in [2.05, 4.69) is 0 Å². The molecule has 5 heteroatoms. The molecule has 0 aliphatic heterocycles. The molecule has 0 bridgehead atoms. The van der Waals surface area contributed by atoms with E-state index in [9.17, 15) is 4.79 Å². The molecular formula is C12H15ClO4. The first kappa shape index (κ1) is 13.6. The van der Waals surface area contributed by atoms with Gasteiger partial charge in [0.25, 0.3) is 0 Å². The molecule has 0 saturated heterocycles. The van der Waals surface area contributed by atoms with Crippen molar-refractivity contribution in [3.8, 4) is 11.5 Å². The topological polar surface area (TPSA) is 55.8 Å². The second-order valence-corrected chi connectivity index (χ2v) is 4.23. The zero-order valence-electron chi connectivity index (χ0n) is 10.2. The van der Waals surface area contributed by atoms with Gasteiger partial charge in [0, 0.05) is 0 Å². The van der Waals surface area contributed by atoms with Crippen molar-refractivity contribution >= 4 is 17.6 Å². The van der Waals surface area contributed by atoms with Crippen molar-refractivity contribution < 1.29 is 19.4 Å². The summed E-state index contributed by atoms with van der Waals surface area (Å²) in [6, 6.07) is 1.43. The van der Waals surface area contributed by atoms with E-state index in [4.69, 9.17) is 26.2 Å². The molecule has 0 aliphatic rings. The summed E-state index contributed by atoms with van der Waals surface area (Å²) in [6.45, 7) is 3.75. The summed E-state index contributed by atoms with van der Waals surface area (Å²) in [5, 5.41) is 9.46. The van der Waals surface area contributed by atoms with E-state index in [1.807, 2.05) is 13.8 Å². The largest absolute Gasteiger partial charge is 0.493 e. The van der Waals surface area contributed by atoms with Crippen molar-refractivity contribution in [2.24, 2.45) is 0 Å². The molecule has 1 aromatic rings. The highest BCUT2D eigenvalue weighted by atomic mass is 35.5. The van der Waals surface area contributed by atoms with E-state index in [-0.39, 0.29) is 11.5 Å². The molecule has 4 nitrogen and oxygen atoms in total. The normalized spacial score (nSPS) is 10.5. The van der Waals surface area contributed by atoms with Crippen LogP contribution in [0, 0.1) is 0 Å². The molecule has 1 rings (SSSR count). The van der Waals surface area contributed by atoms with Crippen molar-refractivity contribution in [1.29, 1.82) is 0 Å². The number of hydrogen-bond acceptors (Lipinski definition) is 3. The molecule has 0 spiro atoms. The standard InChI is InChI=1S/C12H15ClO4/c1-6(2)9-7(12(14)15)5-8(16-3)11(17-4)10(9)13/h5-6H,1-4H3,(H,14,15). The number of hydrogen-bond donors (Lipinski definition) is 1. The molecule has 0 radical (unpaired) electrons. The van der Waals surface area contributed by atoms with Crippen molar-refractivity contribution in [3.63, 3.8) is 0 Å². The number of methoxy groups -OCH3 is 2. The first-order valence-electron chi connectivity index (χ1n) is 5.11. The summed E-state index contributed by atoms with van der Waals surface area (Å²) in [5.74, 6) is -0.368. The number of halogens is 1. The van der Waals surface area contributed by atoms with Gasteiger partial charge in [-0.15, -0.1) is 0 Å². The number of ether oxygens (including phenoxy) is 2. The highest BCUT2D eigenvalue weighted by Crippen LogP contribution is 2.42. The summed E-state index contributed by atoms with van der Waals surface area (Å²) < 4.78 is 10.2. The Morgan fingerprint density at radius 3 is 2.29 bits per heavy atom. The molecule has 0 aromatic heterocycles. The number of carboxylic acids is 1. The van der Waals surface area contributed by atoms with Gasteiger partial charge in [-0.05, 0) is 17.5 Å². The van der Waals surface area contributed by atoms with Gasteiger partial charge in [-0.1, -0.05) is 25.4 Å². The Morgan fingerprint density at radius 1 is 1.35 bits per heavy atom. The van der Waals surface area contributed by atoms with Gasteiger partial charge in [0.15, 0.2) is 11.5 Å². The van der Waals surface area contributed by atoms with Gasteiger partial charge >= 0.3 is 5.97 Å². The molecule has 0 aliphatic carbocycles. The lowest BCUT2D eigenvalue weighted by Gasteiger charge is -2.17. The van der Waals surface area contributed by atoms with Crippen molar-refractivity contribution in [1.82, 2.24) is 0 Å². The maximum Gasteiger partial charge on any atom is 0.336 e. The highest BCUT2D eigenvalue weighted by Gasteiger charge is 2.23. The van der Waals surface area contributed by atoms with Crippen molar-refractivity contribution in [2.75, 3.05) is 14.2 Å². The Hall–Kier alpha value is -1.42. The Bertz CT molecular complexity index is 441. The van der Waals surface area contributed by atoms with Gasteiger partial charge in [0.1, 0.15) is 0 Å². The Labute approximate surface area is 105 Å². The van der Waals surface area contributed by atoms with Gasteiger partial charge in [0.2, 0.25) is 0 Å². The van der Waals surface area contributed by atoms with Crippen LogP contribution in [-0.2, 0) is 0 Å². The lowest BCUT2D eigenvalue weighted by molar-refractivity contribution is 0.0694. The number of carboxylic acid groups (broad SMARTS) is 1. The first-order chi connectivity index (χ1) is 7.93. The number of benzene rings is 1. The van der Waals surface area contributed by atoms with Crippen molar-refractivity contribution in [3.05, 3.63) is 22.2 Å². The third kappa shape index (κ3) is 2.47. The summed E-state index contributed by atoms with van der Waals surface area (Å²) in [4.78, 5) is 11.2. The maximum atomic E-state index is 11.2. The second-order valence-electron chi connectivity index (χ2n) is 3.85. The molecule has 94 valence electrons. The van der Waals surface area contributed by atoms with Crippen LogP contribution < -0.4 is 9.47 Å². The molecule has 0 saturated carbocycles. The molecule has 1 N–H and O–H groups in total. The van der Waals surface area contributed by atoms with Crippen LogP contribution in [0.2, 0.25) is 5.02 Å². The average molecular weight is 259 g/mol. The van der Waals surface area contributed by atoms with Gasteiger partial charge in [-0.3, -0.25) is 0 Å². The van der Waals surface area contributed by atoms with Crippen LogP contribution in [0.25, 0.3) is 0 Å². The Morgan fingerprint density at radius 2 is 1.94 bits per heavy atom. The SMILES string of the molecule is COc1cc(C(=O)O)c(C(C)C)c(Cl)c1OC. The van der Waals surface area contributed by atoms with Crippen LogP contribution in [0.1, 0.15) is 35.7 Å². The Balaban J connectivity index is 3.61. The fourth-order valence-corrected chi connectivity index (χ4v) is 2.20. The van der Waals surface area contributed by atoms with Gasteiger partial charge in [0.05, 0.1) is 24.8 Å². The number of aromatic carboxylic acids is 1. The first-order valence-corrected chi connectivity index (χ1v) is 5.49. The van der Waals surface area contributed by atoms with Crippen LogP contribution in [0.4, 0.5) is 0 Å². The minimum absolute atomic E-state index is 0.0200. The van der Waals surface area contributed by atoms with E-state index < -0.39 is 5.97 Å². The van der Waals surface area contributed by atoms with Crippen LogP contribution in [0.3, 0.4) is 0 Å². The zero-order valence-corrected chi connectivity index (χ0v) is 11.0. The van der Waals surface area contributed by atoms with Gasteiger partial charge < -0.3 is 14.6 Å². The quantitative estimate of drug-likeness (QED) is 0.901. The number of rotatable bonds is 4. The molecule has 0 atom stereocenters. The Kier molecular flexibility index (Phi) is 4.23. The van der Waals surface area contributed by atoms with E-state index in [1.165, 1.54) is 20.3 Å². The molecule has 17 heavy (non-hydrogen) atoms. The minimum Gasteiger partial charge on any atom is -0.493 e. The lowest BCUT2D eigenvalue weighted by Crippen LogP contribution is -2.07. The fraction of sp³-hybridized carbons (Fsp3) is 0.417. The molecule has 0 fully saturated rings. The third-order valence-corrected chi connectivity index (χ3v) is 2.83. The van der Waals surface area contributed by atoms with Crippen LogP contribution >= 0.6 is 11.6 Å². The minimum atomic E-state index is -1.03. The summed E-state index contributed by atoms with van der Waals surface area (Å²) in [7, 11) is 2.91. The van der Waals surface area contributed by atoms with Gasteiger partial charge in [-0.2, -0.15) is 0 Å². The monoisotopic (exact) mass is 258 g/mol. The molecule has 0 amide bonds. The molecule has 0 heterocycles. The average Bonchev–Trinajstić information content (AvgIpc) is 2.26.